The van der Waals surface area contributed by atoms with Crippen LogP contribution in [0, 0.1) is 0 Å². The molecular formula is C12H20N2O2S. The van der Waals surface area contributed by atoms with Crippen molar-refractivity contribution in [3.05, 3.63) is 29.8 Å². The third kappa shape index (κ3) is 3.28. The van der Waals surface area contributed by atoms with Crippen molar-refractivity contribution < 1.29 is 8.42 Å². The predicted octanol–water partition coefficient (Wildman–Crippen LogP) is 1.26. The van der Waals surface area contributed by atoms with E-state index in [2.05, 4.69) is 5.32 Å². The van der Waals surface area contributed by atoms with Crippen molar-refractivity contribution in [1.29, 1.82) is 0 Å². The average molecular weight is 256 g/mol. The van der Waals surface area contributed by atoms with Gasteiger partial charge in [0.1, 0.15) is 0 Å². The molecule has 0 radical (unpaired) electrons. The lowest BCUT2D eigenvalue weighted by Crippen LogP contribution is -2.30. The number of nitrogens with one attached hydrogen (secondary N) is 1. The monoisotopic (exact) mass is 256 g/mol. The van der Waals surface area contributed by atoms with Crippen molar-refractivity contribution in [3.8, 4) is 0 Å². The molecule has 1 aromatic carbocycles. The minimum Gasteiger partial charge on any atom is -0.301 e. The van der Waals surface area contributed by atoms with Crippen LogP contribution in [0.2, 0.25) is 0 Å². The van der Waals surface area contributed by atoms with Gasteiger partial charge < -0.3 is 5.32 Å². The van der Waals surface area contributed by atoms with Crippen LogP contribution in [0.25, 0.3) is 0 Å². The van der Waals surface area contributed by atoms with E-state index in [1.807, 2.05) is 38.2 Å². The predicted molar refractivity (Wildman–Crippen MR) is 69.7 cm³/mol. The zero-order chi connectivity index (χ0) is 13.1. The Morgan fingerprint density at radius 3 is 2.12 bits per heavy atom. The van der Waals surface area contributed by atoms with Gasteiger partial charge in [0, 0.05) is 0 Å². The van der Waals surface area contributed by atoms with E-state index in [1.165, 1.54) is 0 Å². The van der Waals surface area contributed by atoms with Gasteiger partial charge in [-0.15, -0.1) is 0 Å². The Labute approximate surface area is 104 Å². The summed E-state index contributed by atoms with van der Waals surface area (Å²) in [7, 11) is 2.71. The summed E-state index contributed by atoms with van der Waals surface area (Å²) in [4.78, 5) is 2.42. The van der Waals surface area contributed by atoms with Crippen molar-refractivity contribution in [2.45, 2.75) is 18.0 Å². The maximum atomic E-state index is 11.7. The molecule has 0 spiro atoms. The van der Waals surface area contributed by atoms with E-state index < -0.39 is 9.84 Å². The van der Waals surface area contributed by atoms with Crippen LogP contribution in [-0.2, 0) is 9.84 Å². The van der Waals surface area contributed by atoms with Gasteiger partial charge in [-0.2, -0.15) is 0 Å². The average Bonchev–Trinajstić information content (AvgIpc) is 2.30. The van der Waals surface area contributed by atoms with Gasteiger partial charge in [0.2, 0.25) is 0 Å². The molecule has 0 aliphatic heterocycles. The summed E-state index contributed by atoms with van der Waals surface area (Å²) in [5.74, 6) is 0.134. The van der Waals surface area contributed by atoms with E-state index in [1.54, 1.807) is 19.1 Å². The topological polar surface area (TPSA) is 49.4 Å². The fourth-order valence-electron chi connectivity index (χ4n) is 1.75. The molecule has 1 atom stereocenters. The summed E-state index contributed by atoms with van der Waals surface area (Å²) < 4.78 is 23.3. The second-order valence-electron chi connectivity index (χ2n) is 4.13. The minimum atomic E-state index is -3.10. The Morgan fingerprint density at radius 1 is 1.24 bits per heavy atom. The lowest BCUT2D eigenvalue weighted by molar-refractivity contribution is 0.264. The van der Waals surface area contributed by atoms with Crippen LogP contribution in [0.5, 0.6) is 0 Å². The number of nitrogens with zero attached hydrogens (tertiary/aromatic N) is 1. The van der Waals surface area contributed by atoms with Crippen LogP contribution in [0.3, 0.4) is 0 Å². The highest BCUT2D eigenvalue weighted by atomic mass is 32.2. The molecule has 96 valence electrons. The molecule has 0 fully saturated rings. The number of benzene rings is 1. The van der Waals surface area contributed by atoms with E-state index in [9.17, 15) is 8.42 Å². The molecule has 1 unspecified atom stereocenters. The highest BCUT2D eigenvalue weighted by molar-refractivity contribution is 7.91. The minimum absolute atomic E-state index is 0.0911. The second kappa shape index (κ2) is 5.62. The maximum absolute atomic E-state index is 11.7. The molecule has 0 saturated heterocycles. The summed E-state index contributed by atoms with van der Waals surface area (Å²) in [5.41, 5.74) is 1.05. The Kier molecular flexibility index (Phi) is 4.68. The van der Waals surface area contributed by atoms with Gasteiger partial charge in [0.25, 0.3) is 0 Å². The maximum Gasteiger partial charge on any atom is 0.178 e. The molecule has 0 heterocycles. The molecule has 0 saturated carbocycles. The van der Waals surface area contributed by atoms with Crippen molar-refractivity contribution in [3.63, 3.8) is 0 Å². The second-order valence-corrected chi connectivity index (χ2v) is 6.41. The summed E-state index contributed by atoms with van der Waals surface area (Å²) in [5, 5.41) is 3.17. The standard InChI is InChI=1S/C12H20N2O2S/c1-5-17(15,16)11-8-6-10(7-9-11)12(13-2)14(3)4/h6-9,12-13H,5H2,1-4H3. The van der Waals surface area contributed by atoms with Crippen molar-refractivity contribution >= 4 is 9.84 Å². The molecule has 1 rings (SSSR count). The van der Waals surface area contributed by atoms with E-state index in [0.29, 0.717) is 4.90 Å². The fourth-order valence-corrected chi connectivity index (χ4v) is 2.63. The Hall–Kier alpha value is -0.910. The summed E-state index contributed by atoms with van der Waals surface area (Å²) >= 11 is 0. The molecule has 1 aromatic rings. The van der Waals surface area contributed by atoms with E-state index in [4.69, 9.17) is 0 Å². The van der Waals surface area contributed by atoms with Crippen molar-refractivity contribution in [2.75, 3.05) is 26.9 Å². The molecule has 0 aromatic heterocycles. The van der Waals surface area contributed by atoms with Gasteiger partial charge in [-0.25, -0.2) is 8.42 Å². The molecule has 0 aliphatic carbocycles. The number of hydrogen-bond donors (Lipinski definition) is 1. The lowest BCUT2D eigenvalue weighted by Gasteiger charge is -2.24. The van der Waals surface area contributed by atoms with Gasteiger partial charge in [0.15, 0.2) is 9.84 Å². The Morgan fingerprint density at radius 2 is 1.76 bits per heavy atom. The van der Waals surface area contributed by atoms with Gasteiger partial charge in [-0.3, -0.25) is 4.90 Å². The van der Waals surface area contributed by atoms with E-state index >= 15 is 0 Å². The quantitative estimate of drug-likeness (QED) is 0.806. The first-order valence-electron chi connectivity index (χ1n) is 5.58. The highest BCUT2D eigenvalue weighted by Crippen LogP contribution is 2.18. The normalized spacial score (nSPS) is 13.9. The summed E-state index contributed by atoms with van der Waals surface area (Å²) in [6, 6.07) is 7.04. The SMILES string of the molecule is CCS(=O)(=O)c1ccc(C(NC)N(C)C)cc1. The molecular weight excluding hydrogens is 236 g/mol. The first kappa shape index (κ1) is 14.2. The molecule has 0 amide bonds. The Bertz CT molecular complexity index is 452. The van der Waals surface area contributed by atoms with Gasteiger partial charge in [-0.05, 0) is 38.8 Å². The molecule has 0 aliphatic rings. The van der Waals surface area contributed by atoms with Gasteiger partial charge in [0.05, 0.1) is 16.8 Å². The molecule has 17 heavy (non-hydrogen) atoms. The van der Waals surface area contributed by atoms with Crippen molar-refractivity contribution in [1.82, 2.24) is 10.2 Å². The van der Waals surface area contributed by atoms with E-state index in [-0.39, 0.29) is 11.9 Å². The van der Waals surface area contributed by atoms with Crippen LogP contribution < -0.4 is 5.32 Å². The summed E-state index contributed by atoms with van der Waals surface area (Å²) in [6.45, 7) is 1.65. The first-order chi connectivity index (χ1) is 7.92. The van der Waals surface area contributed by atoms with Crippen LogP contribution in [-0.4, -0.2) is 40.2 Å². The third-order valence-electron chi connectivity index (χ3n) is 2.72. The zero-order valence-electron chi connectivity index (χ0n) is 10.8. The van der Waals surface area contributed by atoms with Crippen LogP contribution in [0.15, 0.2) is 29.2 Å². The molecule has 5 heteroatoms. The van der Waals surface area contributed by atoms with Gasteiger partial charge >= 0.3 is 0 Å². The van der Waals surface area contributed by atoms with Crippen LogP contribution >= 0.6 is 0 Å². The molecule has 1 N–H and O–H groups in total. The Balaban J connectivity index is 3.03. The number of hydrogen-bond acceptors (Lipinski definition) is 4. The highest BCUT2D eigenvalue weighted by Gasteiger charge is 2.14. The van der Waals surface area contributed by atoms with E-state index in [0.717, 1.165) is 5.56 Å². The van der Waals surface area contributed by atoms with Crippen LogP contribution in [0.1, 0.15) is 18.7 Å². The zero-order valence-corrected chi connectivity index (χ0v) is 11.6. The lowest BCUT2D eigenvalue weighted by atomic mass is 10.1. The van der Waals surface area contributed by atoms with Gasteiger partial charge in [-0.1, -0.05) is 19.1 Å². The van der Waals surface area contributed by atoms with Crippen molar-refractivity contribution in [2.24, 2.45) is 0 Å². The largest absolute Gasteiger partial charge is 0.301 e. The van der Waals surface area contributed by atoms with Crippen LogP contribution in [0.4, 0.5) is 0 Å². The molecule has 4 nitrogen and oxygen atoms in total. The number of rotatable bonds is 5. The third-order valence-corrected chi connectivity index (χ3v) is 4.48. The summed E-state index contributed by atoms with van der Waals surface area (Å²) in [6.07, 6.45) is 0.0911. The molecule has 0 bridgehead atoms. The fraction of sp³-hybridized carbons (Fsp3) is 0.500. The smallest absolute Gasteiger partial charge is 0.178 e. The number of sulfone groups is 1. The first-order valence-corrected chi connectivity index (χ1v) is 7.24.